The lowest BCUT2D eigenvalue weighted by molar-refractivity contribution is -0.119. The number of nitrogens with zero attached hydrogens (tertiary/aromatic N) is 3. The third-order valence-electron chi connectivity index (χ3n) is 2.63. The molecule has 0 saturated carbocycles. The molecule has 0 amide bonds. The lowest BCUT2D eigenvalue weighted by Crippen LogP contribution is -2.28. The number of ketones is 1. The van der Waals surface area contributed by atoms with Gasteiger partial charge in [-0.05, 0) is 13.3 Å². The Kier molecular flexibility index (Phi) is 4.87. The maximum absolute atomic E-state index is 11.7. The van der Waals surface area contributed by atoms with E-state index in [0.29, 0.717) is 6.42 Å². The minimum atomic E-state index is -0.229. The van der Waals surface area contributed by atoms with Gasteiger partial charge in [0.2, 0.25) is 0 Å². The van der Waals surface area contributed by atoms with E-state index >= 15 is 0 Å². The summed E-state index contributed by atoms with van der Waals surface area (Å²) in [5.41, 5.74) is 0.545. The predicted octanol–water partition coefficient (Wildman–Crippen LogP) is 1.07. The van der Waals surface area contributed by atoms with E-state index in [4.69, 9.17) is 0 Å². The van der Waals surface area contributed by atoms with Crippen molar-refractivity contribution in [2.45, 2.75) is 33.2 Å². The summed E-state index contributed by atoms with van der Waals surface area (Å²) in [7, 11) is 1.89. The third-order valence-corrected chi connectivity index (χ3v) is 2.63. The average Bonchev–Trinajstić information content (AvgIpc) is 2.31. The number of carbonyl (C=O) groups excluding carboxylic acids is 1. The van der Waals surface area contributed by atoms with Crippen molar-refractivity contribution in [1.82, 2.24) is 9.78 Å². The van der Waals surface area contributed by atoms with E-state index in [9.17, 15) is 9.59 Å². The number of anilines is 1. The van der Waals surface area contributed by atoms with Gasteiger partial charge in [0.15, 0.2) is 5.78 Å². The van der Waals surface area contributed by atoms with Crippen molar-refractivity contribution in [1.29, 1.82) is 0 Å². The Balaban J connectivity index is 2.83. The highest BCUT2D eigenvalue weighted by molar-refractivity contribution is 5.77. The van der Waals surface area contributed by atoms with Crippen LogP contribution in [0.1, 0.15) is 26.7 Å². The van der Waals surface area contributed by atoms with Crippen molar-refractivity contribution >= 4 is 11.5 Å². The Labute approximate surface area is 101 Å². The molecule has 0 N–H and O–H groups in total. The van der Waals surface area contributed by atoms with Crippen molar-refractivity contribution < 1.29 is 4.79 Å². The van der Waals surface area contributed by atoms with Crippen molar-refractivity contribution in [3.8, 4) is 0 Å². The van der Waals surface area contributed by atoms with Crippen LogP contribution in [-0.4, -0.2) is 29.2 Å². The molecule has 1 heterocycles. The highest BCUT2D eigenvalue weighted by Gasteiger charge is 2.06. The minimum Gasteiger partial charge on any atom is -0.373 e. The molecule has 0 fully saturated rings. The molecule has 0 aliphatic carbocycles. The van der Waals surface area contributed by atoms with E-state index in [-0.39, 0.29) is 17.9 Å². The Bertz CT molecular complexity index is 440. The highest BCUT2D eigenvalue weighted by atomic mass is 16.1. The van der Waals surface area contributed by atoms with Crippen LogP contribution in [0.4, 0.5) is 5.69 Å². The number of hydrogen-bond donors (Lipinski definition) is 0. The minimum absolute atomic E-state index is 0.0405. The molecule has 0 aliphatic heterocycles. The zero-order chi connectivity index (χ0) is 12.8. The molecule has 1 aromatic rings. The van der Waals surface area contributed by atoms with Crippen LogP contribution in [0.15, 0.2) is 17.1 Å². The molecular formula is C12H19N3O2. The Morgan fingerprint density at radius 3 is 2.71 bits per heavy atom. The molecule has 1 rings (SSSR count). The SMILES string of the molecule is CCCC(=O)Cn1ncc(N(C)CC)cc1=O. The van der Waals surface area contributed by atoms with Gasteiger partial charge >= 0.3 is 0 Å². The van der Waals surface area contributed by atoms with Crippen LogP contribution in [0.25, 0.3) is 0 Å². The van der Waals surface area contributed by atoms with Crippen molar-refractivity contribution in [2.75, 3.05) is 18.5 Å². The van der Waals surface area contributed by atoms with Gasteiger partial charge in [0.05, 0.1) is 11.9 Å². The number of carbonyl (C=O) groups is 1. The molecule has 0 unspecified atom stereocenters. The van der Waals surface area contributed by atoms with Gasteiger partial charge in [0.1, 0.15) is 6.54 Å². The van der Waals surface area contributed by atoms with Crippen molar-refractivity contribution in [2.24, 2.45) is 0 Å². The number of rotatable bonds is 6. The van der Waals surface area contributed by atoms with Gasteiger partial charge in [-0.1, -0.05) is 6.92 Å². The molecule has 0 atom stereocenters. The van der Waals surface area contributed by atoms with E-state index in [1.54, 1.807) is 6.20 Å². The summed E-state index contributed by atoms with van der Waals surface area (Å²) in [6, 6.07) is 1.51. The second kappa shape index (κ2) is 6.18. The summed E-state index contributed by atoms with van der Waals surface area (Å²) in [5, 5.41) is 4.01. The van der Waals surface area contributed by atoms with Crippen LogP contribution >= 0.6 is 0 Å². The van der Waals surface area contributed by atoms with E-state index in [0.717, 1.165) is 18.7 Å². The molecule has 5 heteroatoms. The fourth-order valence-corrected chi connectivity index (χ4v) is 1.46. The Morgan fingerprint density at radius 1 is 1.47 bits per heavy atom. The molecule has 0 aliphatic rings. The molecule has 0 aromatic carbocycles. The Morgan fingerprint density at radius 2 is 2.18 bits per heavy atom. The Hall–Kier alpha value is -1.65. The summed E-state index contributed by atoms with van der Waals surface area (Å²) in [5.74, 6) is 0.0405. The molecule has 0 saturated heterocycles. The first kappa shape index (κ1) is 13.4. The fourth-order valence-electron chi connectivity index (χ4n) is 1.46. The molecule has 0 radical (unpaired) electrons. The summed E-state index contributed by atoms with van der Waals surface area (Å²) in [6.45, 7) is 4.81. The summed E-state index contributed by atoms with van der Waals surface area (Å²) in [4.78, 5) is 25.1. The second-order valence-corrected chi connectivity index (χ2v) is 4.01. The fraction of sp³-hybridized carbons (Fsp3) is 0.583. The summed E-state index contributed by atoms with van der Waals surface area (Å²) in [6.07, 6.45) is 2.90. The zero-order valence-electron chi connectivity index (χ0n) is 10.6. The lowest BCUT2D eigenvalue weighted by atomic mass is 10.2. The first-order valence-electron chi connectivity index (χ1n) is 5.88. The topological polar surface area (TPSA) is 55.2 Å². The van der Waals surface area contributed by atoms with Crippen LogP contribution in [0.5, 0.6) is 0 Å². The van der Waals surface area contributed by atoms with E-state index in [2.05, 4.69) is 5.10 Å². The van der Waals surface area contributed by atoms with Crippen LogP contribution in [0.2, 0.25) is 0 Å². The van der Waals surface area contributed by atoms with Gasteiger partial charge in [-0.15, -0.1) is 0 Å². The molecular weight excluding hydrogens is 218 g/mol. The van der Waals surface area contributed by atoms with E-state index in [1.165, 1.54) is 10.7 Å². The van der Waals surface area contributed by atoms with Crippen molar-refractivity contribution in [3.63, 3.8) is 0 Å². The van der Waals surface area contributed by atoms with Crippen molar-refractivity contribution in [3.05, 3.63) is 22.6 Å². The molecule has 17 heavy (non-hydrogen) atoms. The van der Waals surface area contributed by atoms with Gasteiger partial charge < -0.3 is 4.90 Å². The smallest absolute Gasteiger partial charge is 0.269 e. The highest BCUT2D eigenvalue weighted by Crippen LogP contribution is 2.05. The monoisotopic (exact) mass is 237 g/mol. The molecule has 0 bridgehead atoms. The first-order chi connectivity index (χ1) is 8.08. The van der Waals surface area contributed by atoms with Crippen LogP contribution in [0, 0.1) is 0 Å². The standard InChI is InChI=1S/C12H19N3O2/c1-4-6-11(16)9-15-12(17)7-10(8-13-15)14(3)5-2/h7-8H,4-6,9H2,1-3H3. The summed E-state index contributed by atoms with van der Waals surface area (Å²) < 4.78 is 1.21. The lowest BCUT2D eigenvalue weighted by Gasteiger charge is -2.16. The molecule has 94 valence electrons. The predicted molar refractivity (Wildman–Crippen MR) is 67.4 cm³/mol. The van der Waals surface area contributed by atoms with Gasteiger partial charge in [-0.25, -0.2) is 4.68 Å². The number of Topliss-reactive ketones (excluding diaryl/α,β-unsaturated/α-hetero) is 1. The number of hydrogen-bond acceptors (Lipinski definition) is 4. The molecule has 1 aromatic heterocycles. The normalized spacial score (nSPS) is 10.3. The van der Waals surface area contributed by atoms with Crippen LogP contribution in [0.3, 0.4) is 0 Å². The van der Waals surface area contributed by atoms with Gasteiger partial charge in [0, 0.05) is 26.1 Å². The maximum atomic E-state index is 11.7. The third kappa shape index (κ3) is 3.69. The quantitative estimate of drug-likeness (QED) is 0.742. The maximum Gasteiger partial charge on any atom is 0.269 e. The van der Waals surface area contributed by atoms with Crippen LogP contribution < -0.4 is 10.5 Å². The summed E-state index contributed by atoms with van der Waals surface area (Å²) >= 11 is 0. The van der Waals surface area contributed by atoms with E-state index < -0.39 is 0 Å². The zero-order valence-corrected chi connectivity index (χ0v) is 10.6. The number of aromatic nitrogens is 2. The van der Waals surface area contributed by atoms with Gasteiger partial charge in [-0.2, -0.15) is 5.10 Å². The first-order valence-corrected chi connectivity index (χ1v) is 5.88. The van der Waals surface area contributed by atoms with Gasteiger partial charge in [-0.3, -0.25) is 9.59 Å². The average molecular weight is 237 g/mol. The van der Waals surface area contributed by atoms with E-state index in [1.807, 2.05) is 25.8 Å². The second-order valence-electron chi connectivity index (χ2n) is 4.01. The molecule has 0 spiro atoms. The largest absolute Gasteiger partial charge is 0.373 e. The van der Waals surface area contributed by atoms with Crippen LogP contribution in [-0.2, 0) is 11.3 Å². The van der Waals surface area contributed by atoms with Gasteiger partial charge in [0.25, 0.3) is 5.56 Å². The molecule has 5 nitrogen and oxygen atoms in total.